The van der Waals surface area contributed by atoms with Crippen molar-refractivity contribution in [1.29, 1.82) is 0 Å². The SMILES string of the molecule is Cc1ccc2c(c1)N(C(=O)/C=C/C(=O)O)CCO2. The first-order valence-corrected chi connectivity index (χ1v) is 5.54. The van der Waals surface area contributed by atoms with Crippen molar-refractivity contribution in [3.63, 3.8) is 0 Å². The number of rotatable bonds is 2. The van der Waals surface area contributed by atoms with Crippen LogP contribution in [0.25, 0.3) is 0 Å². The fraction of sp³-hybridized carbons (Fsp3) is 0.231. The molecule has 94 valence electrons. The minimum Gasteiger partial charge on any atom is -0.490 e. The molecule has 1 heterocycles. The number of hydrogen-bond acceptors (Lipinski definition) is 3. The first kappa shape index (κ1) is 12.2. The van der Waals surface area contributed by atoms with Crippen LogP contribution in [0.1, 0.15) is 5.56 Å². The number of aryl methyl sites for hydroxylation is 1. The van der Waals surface area contributed by atoms with E-state index in [1.165, 1.54) is 4.90 Å². The summed E-state index contributed by atoms with van der Waals surface area (Å²) < 4.78 is 5.45. The van der Waals surface area contributed by atoms with Crippen molar-refractivity contribution in [3.05, 3.63) is 35.9 Å². The number of amides is 1. The van der Waals surface area contributed by atoms with Gasteiger partial charge in [0.15, 0.2) is 0 Å². The van der Waals surface area contributed by atoms with E-state index in [0.29, 0.717) is 24.6 Å². The van der Waals surface area contributed by atoms with E-state index >= 15 is 0 Å². The standard InChI is InChI=1S/C13H13NO4/c1-9-2-3-11-10(8-9)14(6-7-18-11)12(15)4-5-13(16)17/h2-5,8H,6-7H2,1H3,(H,16,17)/b5-4+. The average molecular weight is 247 g/mol. The molecule has 1 aliphatic rings. The Bertz CT molecular complexity index is 522. The van der Waals surface area contributed by atoms with Crippen molar-refractivity contribution in [3.8, 4) is 5.75 Å². The number of carbonyl (C=O) groups is 2. The van der Waals surface area contributed by atoms with Crippen LogP contribution < -0.4 is 9.64 Å². The predicted octanol–water partition coefficient (Wildman–Crippen LogP) is 1.36. The summed E-state index contributed by atoms with van der Waals surface area (Å²) in [4.78, 5) is 23.8. The molecular weight excluding hydrogens is 234 g/mol. The molecule has 5 nitrogen and oxygen atoms in total. The second kappa shape index (κ2) is 4.91. The Morgan fingerprint density at radius 1 is 1.39 bits per heavy atom. The Morgan fingerprint density at radius 2 is 2.17 bits per heavy atom. The van der Waals surface area contributed by atoms with Gasteiger partial charge in [0.1, 0.15) is 12.4 Å². The fourth-order valence-corrected chi connectivity index (χ4v) is 1.79. The Hall–Kier alpha value is -2.30. The average Bonchev–Trinajstić information content (AvgIpc) is 2.35. The number of benzene rings is 1. The van der Waals surface area contributed by atoms with Gasteiger partial charge in [-0.2, -0.15) is 0 Å². The van der Waals surface area contributed by atoms with Gasteiger partial charge >= 0.3 is 5.97 Å². The van der Waals surface area contributed by atoms with Crippen molar-refractivity contribution in [1.82, 2.24) is 0 Å². The molecule has 0 radical (unpaired) electrons. The molecule has 0 atom stereocenters. The van der Waals surface area contributed by atoms with Gasteiger partial charge in [-0.25, -0.2) is 4.79 Å². The third-order valence-electron chi connectivity index (χ3n) is 2.61. The zero-order valence-electron chi connectivity index (χ0n) is 9.92. The van der Waals surface area contributed by atoms with Crippen LogP contribution in [0.5, 0.6) is 5.75 Å². The lowest BCUT2D eigenvalue weighted by Gasteiger charge is -2.29. The van der Waals surface area contributed by atoms with E-state index in [9.17, 15) is 9.59 Å². The molecule has 18 heavy (non-hydrogen) atoms. The van der Waals surface area contributed by atoms with Gasteiger partial charge in [-0.1, -0.05) is 6.07 Å². The molecular formula is C13H13NO4. The maximum absolute atomic E-state index is 11.9. The van der Waals surface area contributed by atoms with Crippen molar-refractivity contribution in [2.24, 2.45) is 0 Å². The Kier molecular flexibility index (Phi) is 3.32. The Balaban J connectivity index is 2.29. The van der Waals surface area contributed by atoms with Crippen LogP contribution in [-0.4, -0.2) is 30.1 Å². The zero-order chi connectivity index (χ0) is 13.1. The lowest BCUT2D eigenvalue weighted by Crippen LogP contribution is -2.37. The van der Waals surface area contributed by atoms with E-state index in [1.807, 2.05) is 25.1 Å². The molecule has 1 aromatic carbocycles. The molecule has 1 aliphatic heterocycles. The van der Waals surface area contributed by atoms with Gasteiger partial charge in [-0.05, 0) is 24.6 Å². The number of aliphatic carboxylic acids is 1. The van der Waals surface area contributed by atoms with Crippen LogP contribution in [0.4, 0.5) is 5.69 Å². The minimum absolute atomic E-state index is 0.354. The molecule has 0 aromatic heterocycles. The molecule has 0 unspecified atom stereocenters. The molecule has 0 aliphatic carbocycles. The second-order valence-corrected chi connectivity index (χ2v) is 3.98. The fourth-order valence-electron chi connectivity index (χ4n) is 1.79. The van der Waals surface area contributed by atoms with Gasteiger partial charge in [0.25, 0.3) is 5.91 Å². The molecule has 0 saturated heterocycles. The Morgan fingerprint density at radius 3 is 2.89 bits per heavy atom. The summed E-state index contributed by atoms with van der Waals surface area (Å²) in [7, 11) is 0. The predicted molar refractivity (Wildman–Crippen MR) is 65.8 cm³/mol. The highest BCUT2D eigenvalue weighted by Crippen LogP contribution is 2.32. The first-order valence-electron chi connectivity index (χ1n) is 5.54. The molecule has 1 amide bonds. The van der Waals surface area contributed by atoms with Gasteiger partial charge < -0.3 is 14.7 Å². The molecule has 0 fully saturated rings. The monoisotopic (exact) mass is 247 g/mol. The number of nitrogens with zero attached hydrogens (tertiary/aromatic N) is 1. The number of anilines is 1. The highest BCUT2D eigenvalue weighted by molar-refractivity contribution is 6.05. The van der Waals surface area contributed by atoms with Crippen LogP contribution in [-0.2, 0) is 9.59 Å². The number of carboxylic acid groups (broad SMARTS) is 1. The van der Waals surface area contributed by atoms with Crippen LogP contribution in [0.3, 0.4) is 0 Å². The van der Waals surface area contributed by atoms with E-state index < -0.39 is 5.97 Å². The maximum Gasteiger partial charge on any atom is 0.328 e. The van der Waals surface area contributed by atoms with Gasteiger partial charge in [-0.15, -0.1) is 0 Å². The van der Waals surface area contributed by atoms with E-state index in [2.05, 4.69) is 0 Å². The molecule has 1 N–H and O–H groups in total. The summed E-state index contributed by atoms with van der Waals surface area (Å²) in [6.07, 6.45) is 1.90. The van der Waals surface area contributed by atoms with Crippen molar-refractivity contribution in [2.75, 3.05) is 18.1 Å². The van der Waals surface area contributed by atoms with E-state index in [1.54, 1.807) is 0 Å². The first-order chi connectivity index (χ1) is 8.58. The number of hydrogen-bond donors (Lipinski definition) is 1. The van der Waals surface area contributed by atoms with E-state index in [0.717, 1.165) is 17.7 Å². The smallest absolute Gasteiger partial charge is 0.328 e. The van der Waals surface area contributed by atoms with Crippen LogP contribution >= 0.6 is 0 Å². The molecule has 2 rings (SSSR count). The molecule has 0 spiro atoms. The maximum atomic E-state index is 11.9. The van der Waals surface area contributed by atoms with Gasteiger partial charge in [0.2, 0.25) is 0 Å². The zero-order valence-corrected chi connectivity index (χ0v) is 9.92. The van der Waals surface area contributed by atoms with Gasteiger partial charge in [-0.3, -0.25) is 4.79 Å². The third-order valence-corrected chi connectivity index (χ3v) is 2.61. The normalized spacial score (nSPS) is 14.2. The minimum atomic E-state index is -1.14. The molecule has 1 aromatic rings. The number of fused-ring (bicyclic) bond motifs is 1. The highest BCUT2D eigenvalue weighted by atomic mass is 16.5. The number of ether oxygens (including phenoxy) is 1. The van der Waals surface area contributed by atoms with E-state index in [-0.39, 0.29) is 5.91 Å². The van der Waals surface area contributed by atoms with Crippen LogP contribution in [0, 0.1) is 6.92 Å². The summed E-state index contributed by atoms with van der Waals surface area (Å²) in [6, 6.07) is 5.56. The number of carboxylic acids is 1. The summed E-state index contributed by atoms with van der Waals surface area (Å²) in [6.45, 7) is 2.74. The second-order valence-electron chi connectivity index (χ2n) is 3.98. The summed E-state index contributed by atoms with van der Waals surface area (Å²) in [5.74, 6) is -0.849. The molecule has 5 heteroatoms. The topological polar surface area (TPSA) is 66.8 Å². The summed E-state index contributed by atoms with van der Waals surface area (Å²) in [5, 5.41) is 8.52. The molecule has 0 bridgehead atoms. The third kappa shape index (κ3) is 2.51. The van der Waals surface area contributed by atoms with Crippen molar-refractivity contribution >= 4 is 17.6 Å². The lowest BCUT2D eigenvalue weighted by atomic mass is 10.1. The summed E-state index contributed by atoms with van der Waals surface area (Å²) >= 11 is 0. The van der Waals surface area contributed by atoms with Crippen molar-refractivity contribution < 1.29 is 19.4 Å². The van der Waals surface area contributed by atoms with Crippen LogP contribution in [0.2, 0.25) is 0 Å². The van der Waals surface area contributed by atoms with Gasteiger partial charge in [0, 0.05) is 12.2 Å². The quantitative estimate of drug-likeness (QED) is 0.801. The molecule has 0 saturated carbocycles. The Labute approximate surface area is 104 Å². The van der Waals surface area contributed by atoms with E-state index in [4.69, 9.17) is 9.84 Å². The highest BCUT2D eigenvalue weighted by Gasteiger charge is 2.22. The van der Waals surface area contributed by atoms with Crippen LogP contribution in [0.15, 0.2) is 30.4 Å². The van der Waals surface area contributed by atoms with Gasteiger partial charge in [0.05, 0.1) is 12.2 Å². The lowest BCUT2D eigenvalue weighted by molar-refractivity contribution is -0.131. The number of carbonyl (C=O) groups excluding carboxylic acids is 1. The van der Waals surface area contributed by atoms with Crippen molar-refractivity contribution in [2.45, 2.75) is 6.92 Å². The summed E-state index contributed by atoms with van der Waals surface area (Å²) in [5.41, 5.74) is 1.69. The largest absolute Gasteiger partial charge is 0.490 e.